The zero-order valence-electron chi connectivity index (χ0n) is 14.6. The number of hydrogen-bond donors (Lipinski definition) is 2. The Morgan fingerprint density at radius 1 is 1.23 bits per heavy atom. The number of rotatable bonds is 5. The number of nitrogens with two attached hydrogens (primary N) is 1. The van der Waals surface area contributed by atoms with Crippen LogP contribution in [0.3, 0.4) is 0 Å². The molecule has 3 rings (SSSR count). The zero-order valence-corrected chi connectivity index (χ0v) is 14.6. The van der Waals surface area contributed by atoms with E-state index in [2.05, 4.69) is 4.98 Å². The standard InChI is InChI=1S/C19H21N3O4/c1-12-5-4-6-14(17(12)20)19(25)26-11-16(23)13-9-15(21-10-13)18(24)22-7-2-3-8-22/h4-6,9-10,21H,2-3,7-8,11,20H2,1H3. The van der Waals surface area contributed by atoms with Gasteiger partial charge in [0.1, 0.15) is 5.69 Å². The molecular weight excluding hydrogens is 334 g/mol. The maximum atomic E-state index is 12.3. The molecule has 1 aromatic heterocycles. The van der Waals surface area contributed by atoms with Crippen LogP contribution in [-0.2, 0) is 4.74 Å². The number of carbonyl (C=O) groups is 3. The summed E-state index contributed by atoms with van der Waals surface area (Å²) < 4.78 is 5.07. The topological polar surface area (TPSA) is 105 Å². The fourth-order valence-corrected chi connectivity index (χ4v) is 2.92. The summed E-state index contributed by atoms with van der Waals surface area (Å²) in [6, 6.07) is 6.54. The molecule has 0 radical (unpaired) electrons. The van der Waals surface area contributed by atoms with Crippen LogP contribution in [0, 0.1) is 6.92 Å². The molecule has 2 aromatic rings. The molecule has 3 N–H and O–H groups in total. The number of ether oxygens (including phenoxy) is 1. The number of H-pyrrole nitrogens is 1. The summed E-state index contributed by atoms with van der Waals surface area (Å²) in [4.78, 5) is 41.2. The highest BCUT2D eigenvalue weighted by Gasteiger charge is 2.22. The van der Waals surface area contributed by atoms with Gasteiger partial charge in [-0.05, 0) is 37.5 Å². The number of nitrogen functional groups attached to an aromatic ring is 1. The molecule has 1 fully saturated rings. The van der Waals surface area contributed by atoms with Gasteiger partial charge in [-0.2, -0.15) is 0 Å². The number of nitrogens with zero attached hydrogens (tertiary/aromatic N) is 1. The van der Waals surface area contributed by atoms with Gasteiger partial charge in [-0.1, -0.05) is 12.1 Å². The lowest BCUT2D eigenvalue weighted by Crippen LogP contribution is -2.27. The second-order valence-electron chi connectivity index (χ2n) is 6.34. The van der Waals surface area contributed by atoms with E-state index in [0.29, 0.717) is 16.9 Å². The van der Waals surface area contributed by atoms with Gasteiger partial charge >= 0.3 is 5.97 Å². The van der Waals surface area contributed by atoms with Crippen molar-refractivity contribution in [1.82, 2.24) is 9.88 Å². The molecule has 0 unspecified atom stereocenters. The number of benzene rings is 1. The van der Waals surface area contributed by atoms with E-state index in [4.69, 9.17) is 10.5 Å². The molecule has 0 saturated carbocycles. The van der Waals surface area contributed by atoms with E-state index in [9.17, 15) is 14.4 Å². The summed E-state index contributed by atoms with van der Waals surface area (Å²) in [6.45, 7) is 2.84. The van der Waals surface area contributed by atoms with Gasteiger partial charge < -0.3 is 20.4 Å². The quantitative estimate of drug-likeness (QED) is 0.486. The number of nitrogens with one attached hydrogen (secondary N) is 1. The number of para-hydroxylation sites is 1. The average Bonchev–Trinajstić information content (AvgIpc) is 3.33. The average molecular weight is 355 g/mol. The third-order valence-corrected chi connectivity index (χ3v) is 4.51. The van der Waals surface area contributed by atoms with Crippen LogP contribution in [0.1, 0.15) is 49.6 Å². The number of aromatic amines is 1. The molecule has 0 bridgehead atoms. The summed E-state index contributed by atoms with van der Waals surface area (Å²) in [6.07, 6.45) is 3.45. The number of carbonyl (C=O) groups excluding carboxylic acids is 3. The molecule has 0 aliphatic carbocycles. The number of ketones is 1. The molecule has 1 aliphatic heterocycles. The summed E-state index contributed by atoms with van der Waals surface area (Å²) in [7, 11) is 0. The van der Waals surface area contributed by atoms with Gasteiger partial charge in [-0.15, -0.1) is 0 Å². The Morgan fingerprint density at radius 3 is 2.69 bits per heavy atom. The van der Waals surface area contributed by atoms with Crippen LogP contribution in [0.25, 0.3) is 0 Å². The number of hydrogen-bond acceptors (Lipinski definition) is 5. The third kappa shape index (κ3) is 3.61. The van der Waals surface area contributed by atoms with E-state index < -0.39 is 12.6 Å². The summed E-state index contributed by atoms with van der Waals surface area (Å²) >= 11 is 0. The minimum absolute atomic E-state index is 0.119. The van der Waals surface area contributed by atoms with E-state index in [1.807, 2.05) is 0 Å². The molecule has 0 atom stereocenters. The lowest BCUT2D eigenvalue weighted by atomic mass is 10.1. The first kappa shape index (κ1) is 17.7. The molecule has 1 aromatic carbocycles. The first-order valence-electron chi connectivity index (χ1n) is 8.50. The van der Waals surface area contributed by atoms with Crippen molar-refractivity contribution in [3.63, 3.8) is 0 Å². The SMILES string of the molecule is Cc1cccc(C(=O)OCC(=O)c2c[nH]c(C(=O)N3CCCC3)c2)c1N. The molecule has 1 saturated heterocycles. The molecule has 136 valence electrons. The molecule has 26 heavy (non-hydrogen) atoms. The molecule has 1 amide bonds. The zero-order chi connectivity index (χ0) is 18.7. The molecule has 0 spiro atoms. The fourth-order valence-electron chi connectivity index (χ4n) is 2.92. The second kappa shape index (κ2) is 7.43. The Morgan fingerprint density at radius 2 is 1.96 bits per heavy atom. The van der Waals surface area contributed by atoms with Crippen molar-refractivity contribution in [2.24, 2.45) is 0 Å². The minimum atomic E-state index is -0.650. The van der Waals surface area contributed by atoms with E-state index in [-0.39, 0.29) is 17.3 Å². The Labute approximate surface area is 151 Å². The molecule has 1 aliphatic rings. The summed E-state index contributed by atoms with van der Waals surface area (Å²) in [5.74, 6) is -1.16. The van der Waals surface area contributed by atoms with Crippen molar-refractivity contribution in [2.75, 3.05) is 25.4 Å². The monoisotopic (exact) mass is 355 g/mol. The van der Waals surface area contributed by atoms with Crippen LogP contribution in [0.5, 0.6) is 0 Å². The molecule has 2 heterocycles. The smallest absolute Gasteiger partial charge is 0.340 e. The van der Waals surface area contributed by atoms with Crippen molar-refractivity contribution in [2.45, 2.75) is 19.8 Å². The van der Waals surface area contributed by atoms with Gasteiger partial charge in [0.25, 0.3) is 5.91 Å². The van der Waals surface area contributed by atoms with Crippen molar-refractivity contribution in [3.8, 4) is 0 Å². The Hall–Kier alpha value is -3.09. The van der Waals surface area contributed by atoms with Crippen LogP contribution in [0.4, 0.5) is 5.69 Å². The minimum Gasteiger partial charge on any atom is -0.454 e. The Bertz CT molecular complexity index is 850. The first-order valence-corrected chi connectivity index (χ1v) is 8.50. The number of likely N-dealkylation sites (tertiary alicyclic amines) is 1. The third-order valence-electron chi connectivity index (χ3n) is 4.51. The van der Waals surface area contributed by atoms with Crippen molar-refractivity contribution in [3.05, 3.63) is 52.8 Å². The van der Waals surface area contributed by atoms with E-state index in [1.165, 1.54) is 12.3 Å². The van der Waals surface area contributed by atoms with E-state index in [1.54, 1.807) is 30.0 Å². The van der Waals surface area contributed by atoms with Crippen LogP contribution >= 0.6 is 0 Å². The number of amides is 1. The lowest BCUT2D eigenvalue weighted by Gasteiger charge is -2.13. The highest BCUT2D eigenvalue weighted by molar-refractivity contribution is 6.02. The van der Waals surface area contributed by atoms with Gasteiger partial charge in [-0.25, -0.2) is 4.79 Å². The number of esters is 1. The highest BCUT2D eigenvalue weighted by atomic mass is 16.5. The van der Waals surface area contributed by atoms with Crippen molar-refractivity contribution < 1.29 is 19.1 Å². The Balaban J connectivity index is 1.61. The molecule has 7 heteroatoms. The largest absolute Gasteiger partial charge is 0.454 e. The van der Waals surface area contributed by atoms with Crippen molar-refractivity contribution >= 4 is 23.3 Å². The summed E-state index contributed by atoms with van der Waals surface area (Å²) in [5, 5.41) is 0. The normalized spacial score (nSPS) is 13.7. The second-order valence-corrected chi connectivity index (χ2v) is 6.34. The lowest BCUT2D eigenvalue weighted by molar-refractivity contribution is 0.0475. The van der Waals surface area contributed by atoms with Gasteiger partial charge in [-0.3, -0.25) is 9.59 Å². The first-order chi connectivity index (χ1) is 12.5. The van der Waals surface area contributed by atoms with Gasteiger partial charge in [0.05, 0.1) is 5.56 Å². The van der Waals surface area contributed by atoms with Crippen LogP contribution in [0.2, 0.25) is 0 Å². The van der Waals surface area contributed by atoms with Crippen LogP contribution in [-0.4, -0.2) is 47.2 Å². The number of Topliss-reactive ketones (excluding diaryl/α,β-unsaturated/α-hetero) is 1. The van der Waals surface area contributed by atoms with Crippen molar-refractivity contribution in [1.29, 1.82) is 0 Å². The van der Waals surface area contributed by atoms with Gasteiger partial charge in [0.2, 0.25) is 5.78 Å². The predicted octanol–water partition coefficient (Wildman–Crippen LogP) is 2.18. The van der Waals surface area contributed by atoms with E-state index in [0.717, 1.165) is 31.5 Å². The highest BCUT2D eigenvalue weighted by Crippen LogP contribution is 2.18. The van der Waals surface area contributed by atoms with Crippen LogP contribution in [0.15, 0.2) is 30.5 Å². The fraction of sp³-hybridized carbons (Fsp3) is 0.316. The van der Waals surface area contributed by atoms with Crippen LogP contribution < -0.4 is 5.73 Å². The molecular formula is C19H21N3O4. The predicted molar refractivity (Wildman–Crippen MR) is 96.1 cm³/mol. The van der Waals surface area contributed by atoms with Gasteiger partial charge in [0.15, 0.2) is 6.61 Å². The van der Waals surface area contributed by atoms with Gasteiger partial charge in [0, 0.05) is 30.5 Å². The van der Waals surface area contributed by atoms with E-state index >= 15 is 0 Å². The number of anilines is 1. The maximum absolute atomic E-state index is 12.3. The number of aryl methyl sites for hydroxylation is 1. The summed E-state index contributed by atoms with van der Waals surface area (Å²) in [5.41, 5.74) is 7.87. The maximum Gasteiger partial charge on any atom is 0.340 e. The Kier molecular flexibility index (Phi) is 5.06. The molecule has 7 nitrogen and oxygen atoms in total. The number of aromatic nitrogens is 1.